The van der Waals surface area contributed by atoms with Crippen LogP contribution in [0.4, 0.5) is 4.39 Å². The second-order valence-corrected chi connectivity index (χ2v) is 9.35. The van der Waals surface area contributed by atoms with Crippen LogP contribution in [-0.2, 0) is 21.4 Å². The topological polar surface area (TPSA) is 49.4 Å². The molecule has 0 radical (unpaired) electrons. The van der Waals surface area contributed by atoms with Crippen molar-refractivity contribution < 1.29 is 14.0 Å². The van der Waals surface area contributed by atoms with Crippen molar-refractivity contribution >= 4 is 11.8 Å². The molecule has 2 atom stereocenters. The summed E-state index contributed by atoms with van der Waals surface area (Å²) in [5.74, 6) is -0.485. The molecule has 31 heavy (non-hydrogen) atoms. The van der Waals surface area contributed by atoms with E-state index in [-0.39, 0.29) is 41.4 Å². The van der Waals surface area contributed by atoms with Crippen molar-refractivity contribution in [1.82, 2.24) is 10.2 Å². The number of carbonyl (C=O) groups is 2. The molecule has 0 aliphatic carbocycles. The Kier molecular flexibility index (Phi) is 7.47. The first-order valence-electron chi connectivity index (χ1n) is 11.1. The fraction of sp³-hybridized carbons (Fsp3) is 0.462. The van der Waals surface area contributed by atoms with Crippen molar-refractivity contribution in [3.8, 4) is 0 Å². The third kappa shape index (κ3) is 6.39. The van der Waals surface area contributed by atoms with Gasteiger partial charge in [-0.05, 0) is 54.9 Å². The van der Waals surface area contributed by atoms with E-state index in [1.807, 2.05) is 25.1 Å². The summed E-state index contributed by atoms with van der Waals surface area (Å²) in [6.07, 6.45) is 2.68. The van der Waals surface area contributed by atoms with Crippen LogP contribution in [0.3, 0.4) is 0 Å². The minimum atomic E-state index is -0.310. The summed E-state index contributed by atoms with van der Waals surface area (Å²) >= 11 is 0. The van der Waals surface area contributed by atoms with Crippen LogP contribution in [0.1, 0.15) is 51.2 Å². The van der Waals surface area contributed by atoms with Gasteiger partial charge in [-0.25, -0.2) is 4.39 Å². The smallest absolute Gasteiger partial charge is 0.227 e. The minimum Gasteiger partial charge on any atom is -0.353 e. The number of nitrogens with one attached hydrogen (secondary N) is 1. The zero-order chi connectivity index (χ0) is 22.4. The number of halogens is 1. The summed E-state index contributed by atoms with van der Waals surface area (Å²) < 4.78 is 13.1. The van der Waals surface area contributed by atoms with Gasteiger partial charge < -0.3 is 10.2 Å². The van der Waals surface area contributed by atoms with Gasteiger partial charge in [0, 0.05) is 19.1 Å². The summed E-state index contributed by atoms with van der Waals surface area (Å²) in [6.45, 7) is 7.55. The predicted molar refractivity (Wildman–Crippen MR) is 121 cm³/mol. The van der Waals surface area contributed by atoms with E-state index in [4.69, 9.17) is 0 Å². The van der Waals surface area contributed by atoms with Crippen LogP contribution in [0.5, 0.6) is 0 Å². The third-order valence-corrected chi connectivity index (χ3v) is 6.17. The Morgan fingerprint density at radius 3 is 2.48 bits per heavy atom. The molecule has 1 fully saturated rings. The molecule has 3 rings (SSSR count). The van der Waals surface area contributed by atoms with Crippen molar-refractivity contribution in [3.05, 3.63) is 71.5 Å². The highest BCUT2D eigenvalue weighted by molar-refractivity contribution is 5.82. The van der Waals surface area contributed by atoms with Gasteiger partial charge in [-0.1, -0.05) is 56.3 Å². The Bertz CT molecular complexity index is 880. The molecule has 2 amide bonds. The van der Waals surface area contributed by atoms with E-state index in [2.05, 4.69) is 31.3 Å². The van der Waals surface area contributed by atoms with Crippen LogP contribution in [0, 0.1) is 11.7 Å². The highest BCUT2D eigenvalue weighted by Crippen LogP contribution is 2.28. The molecule has 4 nitrogen and oxygen atoms in total. The lowest BCUT2D eigenvalue weighted by molar-refractivity contribution is -0.135. The largest absolute Gasteiger partial charge is 0.353 e. The number of nitrogens with zero attached hydrogens (tertiary/aromatic N) is 1. The van der Waals surface area contributed by atoms with Crippen LogP contribution < -0.4 is 5.32 Å². The number of amides is 2. The number of piperidine rings is 1. The lowest BCUT2D eigenvalue weighted by Crippen LogP contribution is -2.48. The number of rotatable bonds is 7. The quantitative estimate of drug-likeness (QED) is 0.713. The predicted octanol–water partition coefficient (Wildman–Crippen LogP) is 4.48. The van der Waals surface area contributed by atoms with Gasteiger partial charge in [0.05, 0.1) is 12.3 Å². The molecule has 1 saturated heterocycles. The van der Waals surface area contributed by atoms with Crippen LogP contribution in [0.25, 0.3) is 0 Å². The number of carbonyl (C=O) groups excluding carboxylic acids is 2. The van der Waals surface area contributed by atoms with Crippen molar-refractivity contribution in [1.29, 1.82) is 0 Å². The maximum absolute atomic E-state index is 13.1. The molecule has 2 aromatic rings. The lowest BCUT2D eigenvalue weighted by Gasteiger charge is -2.34. The van der Waals surface area contributed by atoms with E-state index in [0.717, 1.165) is 24.8 Å². The van der Waals surface area contributed by atoms with Gasteiger partial charge in [0.25, 0.3) is 0 Å². The highest BCUT2D eigenvalue weighted by atomic mass is 19.1. The van der Waals surface area contributed by atoms with Crippen LogP contribution in [0.15, 0.2) is 54.6 Å². The monoisotopic (exact) mass is 424 g/mol. The molecule has 0 spiro atoms. The first-order valence-corrected chi connectivity index (χ1v) is 11.1. The lowest BCUT2D eigenvalue weighted by atomic mass is 9.79. The van der Waals surface area contributed by atoms with Crippen molar-refractivity contribution in [2.75, 3.05) is 13.1 Å². The first kappa shape index (κ1) is 23.0. The average Bonchev–Trinajstić information content (AvgIpc) is 2.75. The van der Waals surface area contributed by atoms with E-state index in [0.29, 0.717) is 13.1 Å². The van der Waals surface area contributed by atoms with Gasteiger partial charge >= 0.3 is 0 Å². The van der Waals surface area contributed by atoms with E-state index in [1.54, 1.807) is 17.0 Å². The molecule has 2 unspecified atom stereocenters. The fourth-order valence-corrected chi connectivity index (χ4v) is 4.49. The molecular weight excluding hydrogens is 391 g/mol. The van der Waals surface area contributed by atoms with Crippen LogP contribution >= 0.6 is 0 Å². The molecule has 0 bridgehead atoms. The molecule has 1 N–H and O–H groups in total. The normalized spacial score (nSPS) is 17.8. The van der Waals surface area contributed by atoms with E-state index in [9.17, 15) is 14.0 Å². The Morgan fingerprint density at radius 2 is 1.81 bits per heavy atom. The highest BCUT2D eigenvalue weighted by Gasteiger charge is 2.30. The van der Waals surface area contributed by atoms with Crippen LogP contribution in [-0.4, -0.2) is 35.8 Å². The summed E-state index contributed by atoms with van der Waals surface area (Å²) in [7, 11) is 0. The van der Waals surface area contributed by atoms with Crippen molar-refractivity contribution in [3.63, 3.8) is 0 Å². The zero-order valence-corrected chi connectivity index (χ0v) is 18.7. The fourth-order valence-electron chi connectivity index (χ4n) is 4.49. The van der Waals surface area contributed by atoms with Crippen molar-refractivity contribution in [2.24, 2.45) is 5.92 Å². The SMILES string of the molecule is CC(CC(C)(C)c1ccccc1)NC(=O)C1CCCN(C(=O)Cc2ccc(F)cc2)C1. The standard InChI is InChI=1S/C26H33FN2O2/c1-19(17-26(2,3)22-9-5-4-6-10-22)28-25(31)21-8-7-15-29(18-21)24(30)16-20-11-13-23(27)14-12-20/h4-6,9-14,19,21H,7-8,15-18H2,1-3H3,(H,28,31). The van der Waals surface area contributed by atoms with Gasteiger partial charge in [-0.2, -0.15) is 0 Å². The second kappa shape index (κ2) is 10.1. The first-order chi connectivity index (χ1) is 14.7. The summed E-state index contributed by atoms with van der Waals surface area (Å²) in [6, 6.07) is 16.4. The number of hydrogen-bond acceptors (Lipinski definition) is 2. The number of benzene rings is 2. The summed E-state index contributed by atoms with van der Waals surface area (Å²) in [4.78, 5) is 27.4. The maximum Gasteiger partial charge on any atom is 0.227 e. The van der Waals surface area contributed by atoms with E-state index in [1.165, 1.54) is 17.7 Å². The minimum absolute atomic E-state index is 0.0117. The molecule has 1 aliphatic rings. The second-order valence-electron chi connectivity index (χ2n) is 9.35. The third-order valence-electron chi connectivity index (χ3n) is 6.17. The molecule has 1 heterocycles. The zero-order valence-electron chi connectivity index (χ0n) is 18.7. The molecule has 1 aliphatic heterocycles. The number of likely N-dealkylation sites (tertiary alicyclic amines) is 1. The van der Waals surface area contributed by atoms with E-state index >= 15 is 0 Å². The van der Waals surface area contributed by atoms with Gasteiger partial charge in [-0.3, -0.25) is 9.59 Å². The Hall–Kier alpha value is -2.69. The Balaban J connectivity index is 1.52. The van der Waals surface area contributed by atoms with Gasteiger partial charge in [0.1, 0.15) is 5.82 Å². The molecule has 2 aromatic carbocycles. The Labute approximate surface area is 184 Å². The molecule has 0 saturated carbocycles. The van der Waals surface area contributed by atoms with Gasteiger partial charge in [0.2, 0.25) is 11.8 Å². The molecule has 5 heteroatoms. The van der Waals surface area contributed by atoms with Gasteiger partial charge in [-0.15, -0.1) is 0 Å². The molecular formula is C26H33FN2O2. The molecule has 0 aromatic heterocycles. The van der Waals surface area contributed by atoms with Gasteiger partial charge in [0.15, 0.2) is 0 Å². The summed E-state index contributed by atoms with van der Waals surface area (Å²) in [5, 5.41) is 3.17. The maximum atomic E-state index is 13.1. The average molecular weight is 425 g/mol. The number of hydrogen-bond donors (Lipinski definition) is 1. The Morgan fingerprint density at radius 1 is 1.13 bits per heavy atom. The summed E-state index contributed by atoms with van der Waals surface area (Å²) in [5.41, 5.74) is 2.00. The van der Waals surface area contributed by atoms with E-state index < -0.39 is 0 Å². The van der Waals surface area contributed by atoms with Crippen molar-refractivity contribution in [2.45, 2.75) is 57.9 Å². The van der Waals surface area contributed by atoms with Crippen LogP contribution in [0.2, 0.25) is 0 Å². The molecule has 166 valence electrons.